The van der Waals surface area contributed by atoms with E-state index < -0.39 is 5.97 Å². The Balaban J connectivity index is 3.05. The van der Waals surface area contributed by atoms with Crippen LogP contribution in [0.15, 0.2) is 6.07 Å². The predicted molar refractivity (Wildman–Crippen MR) is 36.8 cm³/mol. The summed E-state index contributed by atoms with van der Waals surface area (Å²) < 4.78 is 12.4. The second kappa shape index (κ2) is 2.77. The molecule has 0 aromatic carbocycles. The van der Waals surface area contributed by atoms with E-state index in [4.69, 9.17) is 13.0 Å². The summed E-state index contributed by atoms with van der Waals surface area (Å²) >= 11 is 0. The summed E-state index contributed by atoms with van der Waals surface area (Å²) in [4.78, 5) is 10.2. The summed E-state index contributed by atoms with van der Waals surface area (Å²) in [5.41, 5.74) is -0.332. The molecule has 0 saturated heterocycles. The summed E-state index contributed by atoms with van der Waals surface area (Å²) in [6, 6.07) is 1.07. The summed E-state index contributed by atoms with van der Waals surface area (Å²) in [6.45, 7) is 0. The van der Waals surface area contributed by atoms with E-state index in [0.717, 1.165) is 6.07 Å². The first-order chi connectivity index (χ1) is 5.15. The van der Waals surface area contributed by atoms with Crippen molar-refractivity contribution in [2.45, 2.75) is 0 Å². The number of aromatic nitrogens is 2. The Morgan fingerprint density at radius 1 is 1.91 bits per heavy atom. The minimum atomic E-state index is -1.24. The molecule has 1 N–H and O–H groups in total. The second-order valence-electron chi connectivity index (χ2n) is 1.80. The third-order valence-corrected chi connectivity index (χ3v) is 1.08. The van der Waals surface area contributed by atoms with Gasteiger partial charge in [0.2, 0.25) is 0 Å². The van der Waals surface area contributed by atoms with Gasteiger partial charge < -0.3 is 9.42 Å². The zero-order chi connectivity index (χ0) is 8.43. The van der Waals surface area contributed by atoms with Crippen LogP contribution in [0.2, 0.25) is 0 Å². The molecule has 0 aliphatic rings. The number of carboxylic acid groups (broad SMARTS) is 1. The first-order valence-electron chi connectivity index (χ1n) is 2.67. The highest BCUT2D eigenvalue weighted by Crippen LogP contribution is 1.90. The predicted octanol–water partition coefficient (Wildman–Crippen LogP) is -1.27. The van der Waals surface area contributed by atoms with Crippen LogP contribution in [0.1, 0.15) is 10.5 Å². The standard InChI is InChI=1S/C4H2B2FN2O2/c5-3-1-2(4(10)11)8-9(3)6-7/h1H,(H,10,11). The fourth-order valence-corrected chi connectivity index (χ4v) is 0.592. The van der Waals surface area contributed by atoms with E-state index >= 15 is 0 Å². The molecule has 0 saturated carbocycles. The molecule has 0 bridgehead atoms. The van der Waals surface area contributed by atoms with Crippen molar-refractivity contribution >= 4 is 27.1 Å². The number of nitrogens with zero attached hydrogens (tertiary/aromatic N) is 2. The fourth-order valence-electron chi connectivity index (χ4n) is 0.592. The van der Waals surface area contributed by atoms with Crippen LogP contribution in [0.25, 0.3) is 0 Å². The molecule has 0 fully saturated rings. The van der Waals surface area contributed by atoms with E-state index in [1.165, 1.54) is 0 Å². The molecule has 1 heterocycles. The van der Waals surface area contributed by atoms with Crippen molar-refractivity contribution in [3.63, 3.8) is 0 Å². The van der Waals surface area contributed by atoms with Gasteiger partial charge in [-0.3, -0.25) is 4.59 Å². The van der Waals surface area contributed by atoms with Crippen molar-refractivity contribution in [1.29, 1.82) is 0 Å². The SMILES string of the molecule is [B]c1cc(C(=O)O)nn1[B]F. The highest BCUT2D eigenvalue weighted by molar-refractivity contribution is 6.37. The van der Waals surface area contributed by atoms with E-state index in [1.54, 1.807) is 0 Å². The maximum absolute atomic E-state index is 11.8. The van der Waals surface area contributed by atoms with Gasteiger partial charge in [0.05, 0.1) is 0 Å². The lowest BCUT2D eigenvalue weighted by atomic mass is 10.0. The second-order valence-corrected chi connectivity index (χ2v) is 1.80. The van der Waals surface area contributed by atoms with Crippen molar-refractivity contribution in [2.24, 2.45) is 0 Å². The average molecular weight is 151 g/mol. The third kappa shape index (κ3) is 1.42. The molecule has 0 atom stereocenters. The van der Waals surface area contributed by atoms with E-state index in [2.05, 4.69) is 5.10 Å². The number of carbonyl (C=O) groups is 1. The number of aromatic carboxylic acids is 1. The molecular formula is C4H2B2FN2O2. The Morgan fingerprint density at radius 2 is 2.55 bits per heavy atom. The monoisotopic (exact) mass is 151 g/mol. The van der Waals surface area contributed by atoms with Crippen LogP contribution in [0.3, 0.4) is 0 Å². The molecule has 7 heteroatoms. The molecule has 0 aliphatic heterocycles. The summed E-state index contributed by atoms with van der Waals surface area (Å²) in [5, 5.41) is 11.6. The van der Waals surface area contributed by atoms with Gasteiger partial charge in [-0.1, -0.05) is 0 Å². The number of rotatable bonds is 2. The minimum absolute atomic E-state index is 0.0510. The topological polar surface area (TPSA) is 55.1 Å². The quantitative estimate of drug-likeness (QED) is 0.535. The van der Waals surface area contributed by atoms with Crippen LogP contribution in [0.5, 0.6) is 0 Å². The number of hydrogen-bond acceptors (Lipinski definition) is 2. The summed E-state index contributed by atoms with van der Waals surface area (Å²) in [5.74, 6) is -1.24. The van der Waals surface area contributed by atoms with Gasteiger partial charge in [-0.15, -0.1) is 0 Å². The Hall–Kier alpha value is -1.26. The molecule has 0 spiro atoms. The van der Waals surface area contributed by atoms with Crippen LogP contribution in [-0.4, -0.2) is 36.3 Å². The first-order valence-corrected chi connectivity index (χ1v) is 2.67. The average Bonchev–Trinajstić information content (AvgIpc) is 2.31. The first kappa shape index (κ1) is 7.84. The molecule has 3 radical (unpaired) electrons. The van der Waals surface area contributed by atoms with Crippen LogP contribution < -0.4 is 5.59 Å². The van der Waals surface area contributed by atoms with Crippen LogP contribution >= 0.6 is 0 Å². The van der Waals surface area contributed by atoms with Gasteiger partial charge in [0.15, 0.2) is 5.69 Å². The van der Waals surface area contributed by atoms with Gasteiger partial charge in [-0.2, -0.15) is 5.10 Å². The van der Waals surface area contributed by atoms with Crippen molar-refractivity contribution in [3.8, 4) is 0 Å². The zero-order valence-corrected chi connectivity index (χ0v) is 5.36. The molecular weight excluding hydrogens is 149 g/mol. The lowest BCUT2D eigenvalue weighted by molar-refractivity contribution is 0.0690. The van der Waals surface area contributed by atoms with Gasteiger partial charge in [-0.05, 0) is 11.7 Å². The molecule has 1 aromatic heterocycles. The Bertz CT molecular complexity index is 288. The van der Waals surface area contributed by atoms with E-state index in [-0.39, 0.29) is 19.0 Å². The van der Waals surface area contributed by atoms with Gasteiger partial charge in [-0.25, -0.2) is 4.79 Å². The summed E-state index contributed by atoms with van der Waals surface area (Å²) in [7, 11) is 5.24. The number of halogens is 1. The Morgan fingerprint density at radius 3 is 2.82 bits per heavy atom. The lowest BCUT2D eigenvalue weighted by Crippen LogP contribution is -2.20. The zero-order valence-electron chi connectivity index (χ0n) is 5.36. The van der Waals surface area contributed by atoms with E-state index in [1.807, 2.05) is 0 Å². The van der Waals surface area contributed by atoms with E-state index in [0.29, 0.717) is 4.59 Å². The molecule has 53 valence electrons. The number of carboxylic acids is 1. The van der Waals surface area contributed by atoms with Crippen LogP contribution in [-0.2, 0) is 0 Å². The largest absolute Gasteiger partial charge is 0.511 e. The molecule has 11 heavy (non-hydrogen) atoms. The molecule has 0 amide bonds. The third-order valence-electron chi connectivity index (χ3n) is 1.08. The molecule has 1 rings (SSSR count). The van der Waals surface area contributed by atoms with Crippen LogP contribution in [0, 0.1) is 0 Å². The van der Waals surface area contributed by atoms with E-state index in [9.17, 15) is 9.11 Å². The molecule has 0 unspecified atom stereocenters. The highest BCUT2D eigenvalue weighted by atomic mass is 19.1. The van der Waals surface area contributed by atoms with Gasteiger partial charge in [0.1, 0.15) is 7.85 Å². The molecule has 0 aliphatic carbocycles. The fraction of sp³-hybridized carbons (Fsp3) is 0. The maximum Gasteiger partial charge on any atom is 0.511 e. The van der Waals surface area contributed by atoms with Crippen molar-refractivity contribution in [3.05, 3.63) is 11.8 Å². The van der Waals surface area contributed by atoms with Crippen LogP contribution in [0.4, 0.5) is 4.32 Å². The Labute approximate surface area is 63.7 Å². The molecule has 4 nitrogen and oxygen atoms in total. The van der Waals surface area contributed by atoms with Gasteiger partial charge >= 0.3 is 13.7 Å². The Kier molecular flexibility index (Phi) is 1.98. The van der Waals surface area contributed by atoms with Gasteiger partial charge in [0.25, 0.3) is 0 Å². The highest BCUT2D eigenvalue weighted by Gasteiger charge is 2.10. The lowest BCUT2D eigenvalue weighted by Gasteiger charge is -1.90. The minimum Gasteiger partial charge on any atom is -0.476 e. The van der Waals surface area contributed by atoms with Crippen molar-refractivity contribution < 1.29 is 14.2 Å². The summed E-state index contributed by atoms with van der Waals surface area (Å²) in [6.07, 6.45) is 0. The van der Waals surface area contributed by atoms with Gasteiger partial charge in [0, 0.05) is 0 Å². The smallest absolute Gasteiger partial charge is 0.476 e. The van der Waals surface area contributed by atoms with Crippen molar-refractivity contribution in [1.82, 2.24) is 9.69 Å². The normalized spacial score (nSPS) is 9.55. The number of hydrogen-bond donors (Lipinski definition) is 1. The maximum atomic E-state index is 11.8. The molecule has 1 aromatic rings. The van der Waals surface area contributed by atoms with Crippen molar-refractivity contribution in [2.75, 3.05) is 0 Å².